The average molecular weight is 320 g/mol. The topological polar surface area (TPSA) is 102 Å². The highest BCUT2D eigenvalue weighted by Gasteiger charge is 2.13. The number of carbonyl (C=O) groups is 1. The van der Waals surface area contributed by atoms with Crippen molar-refractivity contribution in [3.63, 3.8) is 0 Å². The van der Waals surface area contributed by atoms with E-state index >= 15 is 0 Å². The molecule has 7 nitrogen and oxygen atoms in total. The molecular formula is C17H16N6O. The molecule has 0 aliphatic heterocycles. The van der Waals surface area contributed by atoms with E-state index in [4.69, 9.17) is 5.73 Å². The van der Waals surface area contributed by atoms with Gasteiger partial charge in [-0.2, -0.15) is 5.10 Å². The van der Waals surface area contributed by atoms with Crippen LogP contribution in [0.15, 0.2) is 30.5 Å². The first-order valence-corrected chi connectivity index (χ1v) is 7.70. The van der Waals surface area contributed by atoms with Crippen LogP contribution in [0.25, 0.3) is 33.5 Å². The third-order valence-electron chi connectivity index (χ3n) is 4.07. The first-order valence-electron chi connectivity index (χ1n) is 7.70. The Morgan fingerprint density at radius 2 is 2.12 bits per heavy atom. The molecule has 0 atom stereocenters. The molecule has 3 aromatic heterocycles. The predicted octanol–water partition coefficient (Wildman–Crippen LogP) is 2.40. The highest BCUT2D eigenvalue weighted by atomic mass is 16.1. The van der Waals surface area contributed by atoms with Gasteiger partial charge in [0.05, 0.1) is 5.69 Å². The number of rotatable bonds is 3. The zero-order valence-corrected chi connectivity index (χ0v) is 13.4. The number of aromatic amines is 1. The second-order valence-corrected chi connectivity index (χ2v) is 5.69. The Kier molecular flexibility index (Phi) is 3.09. The van der Waals surface area contributed by atoms with Crippen molar-refractivity contribution in [1.82, 2.24) is 24.7 Å². The van der Waals surface area contributed by atoms with Crippen LogP contribution in [0.3, 0.4) is 0 Å². The smallest absolute Gasteiger partial charge is 0.248 e. The molecule has 4 aromatic rings. The fourth-order valence-corrected chi connectivity index (χ4v) is 2.92. The zero-order chi connectivity index (χ0) is 16.8. The van der Waals surface area contributed by atoms with E-state index < -0.39 is 5.91 Å². The van der Waals surface area contributed by atoms with Gasteiger partial charge >= 0.3 is 0 Å². The third kappa shape index (κ3) is 2.13. The maximum atomic E-state index is 11.4. The highest BCUT2D eigenvalue weighted by Crippen LogP contribution is 2.26. The Morgan fingerprint density at radius 3 is 2.88 bits per heavy atom. The lowest BCUT2D eigenvalue weighted by molar-refractivity contribution is 0.100. The van der Waals surface area contributed by atoms with E-state index in [1.54, 1.807) is 18.3 Å². The van der Waals surface area contributed by atoms with Gasteiger partial charge in [-0.3, -0.25) is 9.48 Å². The molecule has 0 unspecified atom stereocenters. The molecular weight excluding hydrogens is 304 g/mol. The van der Waals surface area contributed by atoms with Crippen molar-refractivity contribution in [2.75, 3.05) is 0 Å². The van der Waals surface area contributed by atoms with Gasteiger partial charge < -0.3 is 10.7 Å². The van der Waals surface area contributed by atoms with E-state index in [1.807, 2.05) is 30.7 Å². The summed E-state index contributed by atoms with van der Waals surface area (Å²) in [6, 6.07) is 7.26. The van der Waals surface area contributed by atoms with Crippen molar-refractivity contribution in [1.29, 1.82) is 0 Å². The summed E-state index contributed by atoms with van der Waals surface area (Å²) < 4.78 is 1.88. The van der Waals surface area contributed by atoms with Crippen LogP contribution in [0, 0.1) is 6.92 Å². The monoisotopic (exact) mass is 320 g/mol. The van der Waals surface area contributed by atoms with Crippen molar-refractivity contribution < 1.29 is 4.79 Å². The Bertz CT molecular complexity index is 1090. The maximum absolute atomic E-state index is 11.4. The summed E-state index contributed by atoms with van der Waals surface area (Å²) in [6.45, 7) is 4.73. The molecule has 0 spiro atoms. The molecule has 0 saturated heterocycles. The number of nitrogens with zero attached hydrogens (tertiary/aromatic N) is 4. The predicted molar refractivity (Wildman–Crippen MR) is 91.5 cm³/mol. The van der Waals surface area contributed by atoms with Crippen LogP contribution in [0.2, 0.25) is 0 Å². The molecule has 0 saturated carbocycles. The molecule has 0 fully saturated rings. The molecule has 24 heavy (non-hydrogen) atoms. The number of fused-ring (bicyclic) bond motifs is 3. The SMILES string of the molecule is CCn1nc(C)cc1-c1ncc2c(n1)[nH]c1ccc(C(N)=O)cc12. The van der Waals surface area contributed by atoms with Crippen LogP contribution >= 0.6 is 0 Å². The molecule has 4 rings (SSSR count). The van der Waals surface area contributed by atoms with Gasteiger partial charge in [0.1, 0.15) is 11.3 Å². The minimum Gasteiger partial charge on any atom is -0.366 e. The molecule has 0 radical (unpaired) electrons. The lowest BCUT2D eigenvalue weighted by Crippen LogP contribution is -2.10. The van der Waals surface area contributed by atoms with Crippen LogP contribution in [-0.2, 0) is 6.54 Å². The minimum atomic E-state index is -0.453. The Hall–Kier alpha value is -3.22. The summed E-state index contributed by atoms with van der Waals surface area (Å²) >= 11 is 0. The van der Waals surface area contributed by atoms with Crippen molar-refractivity contribution in [3.05, 3.63) is 41.7 Å². The van der Waals surface area contributed by atoms with Gasteiger partial charge in [0.15, 0.2) is 5.82 Å². The summed E-state index contributed by atoms with van der Waals surface area (Å²) in [5.74, 6) is 0.165. The van der Waals surface area contributed by atoms with Crippen molar-refractivity contribution in [3.8, 4) is 11.5 Å². The van der Waals surface area contributed by atoms with Crippen molar-refractivity contribution >= 4 is 27.8 Å². The molecule has 1 amide bonds. The van der Waals surface area contributed by atoms with E-state index in [1.165, 1.54) is 0 Å². The van der Waals surface area contributed by atoms with Crippen LogP contribution in [0.1, 0.15) is 23.0 Å². The number of hydrogen-bond donors (Lipinski definition) is 2. The number of nitrogens with one attached hydrogen (secondary N) is 1. The van der Waals surface area contributed by atoms with Gasteiger partial charge in [0.2, 0.25) is 5.91 Å². The number of hydrogen-bond acceptors (Lipinski definition) is 4. The quantitative estimate of drug-likeness (QED) is 0.605. The molecule has 3 heterocycles. The number of nitrogens with two attached hydrogens (primary N) is 1. The van der Waals surface area contributed by atoms with Crippen LogP contribution in [0.5, 0.6) is 0 Å². The van der Waals surface area contributed by atoms with Gasteiger partial charge in [-0.25, -0.2) is 9.97 Å². The Morgan fingerprint density at radius 1 is 1.29 bits per heavy atom. The number of aryl methyl sites for hydroxylation is 2. The Balaban J connectivity index is 1.92. The third-order valence-corrected chi connectivity index (χ3v) is 4.07. The van der Waals surface area contributed by atoms with E-state index in [2.05, 4.69) is 20.1 Å². The summed E-state index contributed by atoms with van der Waals surface area (Å²) in [7, 11) is 0. The molecule has 120 valence electrons. The lowest BCUT2D eigenvalue weighted by Gasteiger charge is -2.02. The van der Waals surface area contributed by atoms with Crippen molar-refractivity contribution in [2.24, 2.45) is 5.73 Å². The molecule has 3 N–H and O–H groups in total. The highest BCUT2D eigenvalue weighted by molar-refractivity contribution is 6.08. The normalized spacial score (nSPS) is 11.4. The fraction of sp³-hybridized carbons (Fsp3) is 0.176. The molecule has 0 bridgehead atoms. The zero-order valence-electron chi connectivity index (χ0n) is 13.4. The summed E-state index contributed by atoms with van der Waals surface area (Å²) in [6.07, 6.45) is 1.77. The largest absolute Gasteiger partial charge is 0.366 e. The van der Waals surface area contributed by atoms with Gasteiger partial charge in [-0.1, -0.05) is 0 Å². The van der Waals surface area contributed by atoms with E-state index in [0.29, 0.717) is 11.4 Å². The second kappa shape index (κ2) is 5.16. The standard InChI is InChI=1S/C17H16N6O/c1-3-23-14(6-9(2)22-23)17-19-8-12-11-7-10(15(18)24)4-5-13(11)20-16(12)21-17/h4-8H,3H2,1-2H3,(H2,18,24)(H,19,20,21). The fourth-order valence-electron chi connectivity index (χ4n) is 2.92. The number of amides is 1. The Labute approximate surface area is 137 Å². The minimum absolute atomic E-state index is 0.453. The first kappa shape index (κ1) is 14.4. The molecule has 0 aliphatic carbocycles. The van der Waals surface area contributed by atoms with Gasteiger partial charge in [0.25, 0.3) is 0 Å². The molecule has 7 heteroatoms. The van der Waals surface area contributed by atoms with Gasteiger partial charge in [-0.05, 0) is 38.1 Å². The number of benzene rings is 1. The van der Waals surface area contributed by atoms with Crippen LogP contribution < -0.4 is 5.73 Å². The van der Waals surface area contributed by atoms with E-state index in [0.717, 1.165) is 39.9 Å². The molecule has 0 aliphatic rings. The summed E-state index contributed by atoms with van der Waals surface area (Å²) in [5.41, 5.74) is 9.25. The summed E-state index contributed by atoms with van der Waals surface area (Å²) in [4.78, 5) is 23.8. The van der Waals surface area contributed by atoms with E-state index in [-0.39, 0.29) is 0 Å². The van der Waals surface area contributed by atoms with Gasteiger partial charge in [0, 0.05) is 34.6 Å². The van der Waals surface area contributed by atoms with Gasteiger partial charge in [-0.15, -0.1) is 0 Å². The maximum Gasteiger partial charge on any atom is 0.248 e. The number of carbonyl (C=O) groups excluding carboxylic acids is 1. The molecule has 1 aromatic carbocycles. The number of aromatic nitrogens is 5. The van der Waals surface area contributed by atoms with Crippen LogP contribution in [0.4, 0.5) is 0 Å². The first-order chi connectivity index (χ1) is 11.6. The number of primary amides is 1. The lowest BCUT2D eigenvalue weighted by atomic mass is 10.1. The summed E-state index contributed by atoms with van der Waals surface area (Å²) in [5, 5.41) is 6.17. The van der Waals surface area contributed by atoms with Crippen LogP contribution in [-0.4, -0.2) is 30.6 Å². The van der Waals surface area contributed by atoms with Crippen molar-refractivity contribution in [2.45, 2.75) is 20.4 Å². The average Bonchev–Trinajstić information content (AvgIpc) is 3.13. The number of H-pyrrole nitrogens is 1. The second-order valence-electron chi connectivity index (χ2n) is 5.69. The van der Waals surface area contributed by atoms with E-state index in [9.17, 15) is 4.79 Å².